The number of likely N-dealkylation sites (N-methyl/N-ethyl adjacent to an activating group) is 1. The lowest BCUT2D eigenvalue weighted by Gasteiger charge is -2.58. The number of carbonyl (C=O) groups excluding carboxylic acids is 1. The number of amides is 1. The summed E-state index contributed by atoms with van der Waals surface area (Å²) in [4.78, 5) is 15.7. The minimum Gasteiger partial charge on any atom is -0.748 e. The van der Waals surface area contributed by atoms with Gasteiger partial charge in [0.15, 0.2) is 0 Å². The van der Waals surface area contributed by atoms with E-state index in [-0.39, 0.29) is 11.8 Å². The molecule has 6 nitrogen and oxygen atoms in total. The zero-order valence-electron chi connectivity index (χ0n) is 26.5. The van der Waals surface area contributed by atoms with E-state index in [1.807, 2.05) is 54.4 Å². The third-order valence-corrected chi connectivity index (χ3v) is 11.7. The molecule has 0 spiro atoms. The van der Waals surface area contributed by atoms with Gasteiger partial charge >= 0.3 is 0 Å². The molecule has 3 aromatic rings. The van der Waals surface area contributed by atoms with E-state index in [2.05, 4.69) is 18.2 Å². The molecule has 4 aliphatic rings. The molecule has 4 fully saturated rings. The normalized spacial score (nSPS) is 24.1. The number of rotatable bonds is 8. The van der Waals surface area contributed by atoms with Crippen LogP contribution in [0.5, 0.6) is 0 Å². The van der Waals surface area contributed by atoms with Gasteiger partial charge in [0.25, 0.3) is 5.91 Å². The van der Waals surface area contributed by atoms with Gasteiger partial charge in [0.1, 0.15) is 0 Å². The number of halogens is 2. The van der Waals surface area contributed by atoms with Crippen LogP contribution in [0.3, 0.4) is 0 Å². The molecule has 1 atom stereocenters. The lowest BCUT2D eigenvalue weighted by Crippen LogP contribution is -2.63. The Morgan fingerprint density at radius 3 is 2.22 bits per heavy atom. The fourth-order valence-corrected chi connectivity index (χ4v) is 8.65. The Kier molecular flexibility index (Phi) is 10.9. The summed E-state index contributed by atoms with van der Waals surface area (Å²) < 4.78 is 28.5. The number of hydrogen-bond acceptors (Lipinski definition) is 4. The Labute approximate surface area is 279 Å². The largest absolute Gasteiger partial charge is 0.748 e. The van der Waals surface area contributed by atoms with E-state index in [0.717, 1.165) is 28.7 Å². The number of nitrogens with zero attached hydrogens (tertiary/aromatic N) is 2. The summed E-state index contributed by atoms with van der Waals surface area (Å²) >= 11 is 12.8. The van der Waals surface area contributed by atoms with Crippen molar-refractivity contribution in [1.29, 1.82) is 0 Å². The molecule has 244 valence electrons. The third-order valence-electron chi connectivity index (χ3n) is 11.0. The van der Waals surface area contributed by atoms with Gasteiger partial charge in [0.2, 0.25) is 0 Å². The maximum atomic E-state index is 13.7. The van der Waals surface area contributed by atoms with Crippen molar-refractivity contribution < 1.29 is 22.2 Å². The summed E-state index contributed by atoms with van der Waals surface area (Å²) in [5, 5.41) is 3.28. The summed E-state index contributed by atoms with van der Waals surface area (Å²) in [5.41, 5.74) is 2.58. The first-order valence-corrected chi connectivity index (χ1v) is 18.9. The van der Waals surface area contributed by atoms with Crippen LogP contribution in [0.1, 0.15) is 79.6 Å². The van der Waals surface area contributed by atoms with Crippen molar-refractivity contribution >= 4 is 50.0 Å². The highest BCUT2D eigenvalue weighted by molar-refractivity contribution is 7.84. The van der Waals surface area contributed by atoms with Crippen LogP contribution in [0.15, 0.2) is 60.7 Å². The molecule has 3 heterocycles. The third kappa shape index (κ3) is 8.41. The Balaban J connectivity index is 0.000000743. The second-order valence-electron chi connectivity index (χ2n) is 13.8. The number of quaternary nitrogens is 1. The fraction of sp³-hybridized carbons (Fsp3) is 0.528. The van der Waals surface area contributed by atoms with Crippen molar-refractivity contribution in [3.05, 3.63) is 81.8 Å². The van der Waals surface area contributed by atoms with Crippen molar-refractivity contribution in [2.75, 3.05) is 46.0 Å². The van der Waals surface area contributed by atoms with Gasteiger partial charge in [-0.3, -0.25) is 4.79 Å². The van der Waals surface area contributed by atoms with Crippen molar-refractivity contribution in [2.24, 2.45) is 11.3 Å². The van der Waals surface area contributed by atoms with Gasteiger partial charge in [-0.05, 0) is 58.7 Å². The fourth-order valence-electron chi connectivity index (χ4n) is 8.34. The van der Waals surface area contributed by atoms with E-state index in [0.29, 0.717) is 28.3 Å². The quantitative estimate of drug-likeness (QED) is 0.179. The summed E-state index contributed by atoms with van der Waals surface area (Å²) in [5.74, 6) is 1.25. The molecule has 3 saturated heterocycles. The van der Waals surface area contributed by atoms with Crippen LogP contribution in [0.4, 0.5) is 0 Å². The van der Waals surface area contributed by atoms with Crippen LogP contribution >= 0.6 is 23.2 Å². The summed E-state index contributed by atoms with van der Waals surface area (Å²) in [6.07, 6.45) is 13.2. The van der Waals surface area contributed by atoms with Crippen LogP contribution in [-0.4, -0.2) is 74.3 Å². The number of hydrogen-bond donors (Lipinski definition) is 0. The summed E-state index contributed by atoms with van der Waals surface area (Å²) in [6, 6.07) is 20.2. The van der Waals surface area contributed by atoms with E-state index >= 15 is 0 Å². The molecule has 1 amide bonds. The molecule has 1 saturated carbocycles. The van der Waals surface area contributed by atoms with Crippen molar-refractivity contribution in [3.8, 4) is 0 Å². The lowest BCUT2D eigenvalue weighted by molar-refractivity contribution is -0.946. The first-order valence-electron chi connectivity index (χ1n) is 16.3. The Bertz CT molecular complexity index is 1570. The van der Waals surface area contributed by atoms with Crippen LogP contribution in [-0.2, 0) is 10.1 Å². The molecule has 7 rings (SSSR count). The summed E-state index contributed by atoms with van der Waals surface area (Å²) in [6.45, 7) is 5.81. The molecule has 0 aromatic heterocycles. The number of piperidine rings is 3. The first kappa shape index (κ1) is 34.2. The van der Waals surface area contributed by atoms with Crippen LogP contribution in [0.2, 0.25) is 10.0 Å². The van der Waals surface area contributed by atoms with Crippen LogP contribution < -0.4 is 0 Å². The highest BCUT2D eigenvalue weighted by atomic mass is 35.5. The van der Waals surface area contributed by atoms with E-state index in [4.69, 9.17) is 36.2 Å². The molecule has 0 N–H and O–H groups in total. The molecule has 3 aliphatic heterocycles. The minimum atomic E-state index is -3.92. The SMILES string of the molecule is CN(CC(CC[N+]12CCC(C3CCCCC3)(CC1)CC2)c1ccc(Cl)c(Cl)c1)C(=O)c1cccc2ccccc12.CS(=O)(=O)[O-]. The maximum absolute atomic E-state index is 13.7. The van der Waals surface area contributed by atoms with Crippen LogP contribution in [0, 0.1) is 11.3 Å². The second kappa shape index (κ2) is 14.3. The second-order valence-corrected chi connectivity index (χ2v) is 16.0. The lowest BCUT2D eigenvalue weighted by atomic mass is 9.59. The number of benzene rings is 3. The molecule has 1 unspecified atom stereocenters. The summed E-state index contributed by atoms with van der Waals surface area (Å²) in [7, 11) is -1.97. The van der Waals surface area contributed by atoms with Gasteiger partial charge in [-0.15, -0.1) is 0 Å². The number of fused-ring (bicyclic) bond motifs is 4. The standard InChI is InChI=1S/C35H43Cl2N2O.CH4O3S/c1-38(34(40)31-13-7-9-26-8-5-6-12-30(26)31)25-28(27-14-15-32(36)33(37)24-27)16-20-39-21-17-35(18-22-39,19-23-39)29-10-3-2-4-11-29;1-5(2,3)4/h5-9,12-15,24,28-29H,2-4,10-11,16-23,25H2,1H3;1H3,(H,2,3,4)/q+1;/p-1. The molecule has 9 heteroatoms. The molecule has 45 heavy (non-hydrogen) atoms. The Hall–Kier alpha value is -2.16. The topological polar surface area (TPSA) is 77.5 Å². The van der Waals surface area contributed by atoms with Crippen LogP contribution in [0.25, 0.3) is 10.8 Å². The van der Waals surface area contributed by atoms with Gasteiger partial charge in [-0.1, -0.05) is 84.9 Å². The molecule has 0 radical (unpaired) electrons. The van der Waals surface area contributed by atoms with E-state index in [9.17, 15) is 4.79 Å². The van der Waals surface area contributed by atoms with Gasteiger partial charge in [0, 0.05) is 57.0 Å². The van der Waals surface area contributed by atoms with Crippen molar-refractivity contribution in [2.45, 2.75) is 63.7 Å². The first-order chi connectivity index (χ1) is 21.4. The van der Waals surface area contributed by atoms with Gasteiger partial charge in [0.05, 0.1) is 46.3 Å². The average molecular weight is 674 g/mol. The Morgan fingerprint density at radius 2 is 1.58 bits per heavy atom. The molecule has 3 aromatic carbocycles. The van der Waals surface area contributed by atoms with Gasteiger partial charge in [-0.25, -0.2) is 8.42 Å². The predicted octanol–water partition coefficient (Wildman–Crippen LogP) is 8.13. The monoisotopic (exact) mass is 672 g/mol. The van der Waals surface area contributed by atoms with Crippen molar-refractivity contribution in [1.82, 2.24) is 4.90 Å². The highest BCUT2D eigenvalue weighted by Gasteiger charge is 2.52. The molecule has 2 bridgehead atoms. The zero-order chi connectivity index (χ0) is 32.2. The van der Waals surface area contributed by atoms with E-state index in [1.165, 1.54) is 87.6 Å². The average Bonchev–Trinajstić information content (AvgIpc) is 3.04. The molecule has 1 aliphatic carbocycles. The van der Waals surface area contributed by atoms with Gasteiger partial charge in [-0.2, -0.15) is 0 Å². The zero-order valence-corrected chi connectivity index (χ0v) is 28.8. The van der Waals surface area contributed by atoms with E-state index < -0.39 is 10.1 Å². The predicted molar refractivity (Wildman–Crippen MR) is 183 cm³/mol. The van der Waals surface area contributed by atoms with Crippen molar-refractivity contribution in [3.63, 3.8) is 0 Å². The molecular formula is C36H46Cl2N2O4S. The molecular weight excluding hydrogens is 627 g/mol. The smallest absolute Gasteiger partial charge is 0.254 e. The minimum absolute atomic E-state index is 0.0714. The maximum Gasteiger partial charge on any atom is 0.254 e. The number of carbonyl (C=O) groups is 1. The van der Waals surface area contributed by atoms with Gasteiger partial charge < -0.3 is 13.9 Å². The highest BCUT2D eigenvalue weighted by Crippen LogP contribution is 2.53. The Morgan fingerprint density at radius 1 is 0.956 bits per heavy atom. The van der Waals surface area contributed by atoms with E-state index in [1.54, 1.807) is 0 Å².